The van der Waals surface area contributed by atoms with Crippen molar-refractivity contribution in [1.82, 2.24) is 5.32 Å². The molecule has 1 aromatic rings. The lowest BCUT2D eigenvalue weighted by molar-refractivity contribution is -0.117. The molecular weight excluding hydrogens is 212 g/mol. The first kappa shape index (κ1) is 10.8. The lowest BCUT2D eigenvalue weighted by Crippen LogP contribution is -2.31. The van der Waals surface area contributed by atoms with Gasteiger partial charge >= 0.3 is 0 Å². The average molecular weight is 230 g/mol. The second kappa shape index (κ2) is 4.49. The van der Waals surface area contributed by atoms with E-state index in [9.17, 15) is 4.79 Å². The molecule has 2 aliphatic heterocycles. The van der Waals surface area contributed by atoms with E-state index in [0.717, 1.165) is 25.2 Å². The quantitative estimate of drug-likeness (QED) is 0.817. The molecule has 1 aromatic carbocycles. The molecule has 3 heteroatoms. The van der Waals surface area contributed by atoms with Crippen LogP contribution in [0, 0.1) is 5.92 Å². The van der Waals surface area contributed by atoms with Gasteiger partial charge in [0, 0.05) is 5.69 Å². The number of carbonyl (C=O) groups excluding carboxylic acids is 1. The van der Waals surface area contributed by atoms with Crippen LogP contribution >= 0.6 is 0 Å². The third-order valence-electron chi connectivity index (χ3n) is 3.88. The number of hydrogen-bond donors (Lipinski definition) is 2. The van der Waals surface area contributed by atoms with Gasteiger partial charge in [-0.1, -0.05) is 18.2 Å². The summed E-state index contributed by atoms with van der Waals surface area (Å²) in [5, 5.41) is 6.39. The lowest BCUT2D eigenvalue weighted by atomic mass is 9.86. The van der Waals surface area contributed by atoms with Gasteiger partial charge in [0.25, 0.3) is 0 Å². The lowest BCUT2D eigenvalue weighted by Gasteiger charge is -2.24. The summed E-state index contributed by atoms with van der Waals surface area (Å²) in [6.07, 6.45) is 3.47. The number of hydrogen-bond acceptors (Lipinski definition) is 2. The summed E-state index contributed by atoms with van der Waals surface area (Å²) in [4.78, 5) is 12.0. The van der Waals surface area contributed by atoms with Crippen molar-refractivity contribution in [2.45, 2.75) is 25.2 Å². The Labute approximate surface area is 102 Å². The molecule has 1 amide bonds. The molecule has 0 spiro atoms. The van der Waals surface area contributed by atoms with Crippen molar-refractivity contribution < 1.29 is 4.79 Å². The largest absolute Gasteiger partial charge is 0.325 e. The average Bonchev–Trinajstić information content (AvgIpc) is 2.68. The Morgan fingerprint density at radius 1 is 1.29 bits per heavy atom. The van der Waals surface area contributed by atoms with Crippen molar-refractivity contribution in [2.75, 3.05) is 18.4 Å². The molecule has 90 valence electrons. The highest BCUT2D eigenvalue weighted by atomic mass is 16.2. The van der Waals surface area contributed by atoms with Gasteiger partial charge in [-0.05, 0) is 49.9 Å². The summed E-state index contributed by atoms with van der Waals surface area (Å²) in [7, 11) is 0. The van der Waals surface area contributed by atoms with E-state index in [2.05, 4.69) is 16.7 Å². The molecule has 1 fully saturated rings. The van der Waals surface area contributed by atoms with Crippen LogP contribution < -0.4 is 10.6 Å². The first-order valence-corrected chi connectivity index (χ1v) is 6.45. The maximum absolute atomic E-state index is 12.0. The highest BCUT2D eigenvalue weighted by Gasteiger charge is 2.32. The van der Waals surface area contributed by atoms with Crippen LogP contribution in [0.5, 0.6) is 0 Å². The van der Waals surface area contributed by atoms with Gasteiger partial charge in [0.2, 0.25) is 5.91 Å². The van der Waals surface area contributed by atoms with Crippen LogP contribution in [0.15, 0.2) is 24.3 Å². The Hall–Kier alpha value is -1.35. The number of anilines is 1. The van der Waals surface area contributed by atoms with Gasteiger partial charge in [-0.25, -0.2) is 0 Å². The molecule has 3 rings (SSSR count). The predicted octanol–water partition coefficient (Wildman–Crippen LogP) is 2.11. The molecule has 0 bridgehead atoms. The van der Waals surface area contributed by atoms with Gasteiger partial charge in [-0.3, -0.25) is 4.79 Å². The second-order valence-electron chi connectivity index (χ2n) is 5.08. The minimum absolute atomic E-state index is 0.0658. The zero-order valence-corrected chi connectivity index (χ0v) is 9.91. The Morgan fingerprint density at radius 3 is 3.00 bits per heavy atom. The molecule has 0 unspecified atom stereocenters. The first-order valence-electron chi connectivity index (χ1n) is 6.45. The topological polar surface area (TPSA) is 41.1 Å². The molecule has 17 heavy (non-hydrogen) atoms. The highest BCUT2D eigenvalue weighted by molar-refractivity contribution is 6.02. The van der Waals surface area contributed by atoms with E-state index in [1.807, 2.05) is 18.2 Å². The summed E-state index contributed by atoms with van der Waals surface area (Å²) in [6.45, 7) is 2.19. The summed E-state index contributed by atoms with van der Waals surface area (Å²) >= 11 is 0. The molecule has 2 heterocycles. The first-order chi connectivity index (χ1) is 8.34. The van der Waals surface area contributed by atoms with E-state index in [1.165, 1.54) is 18.4 Å². The number of fused-ring (bicyclic) bond motifs is 1. The standard InChI is InChI=1S/C14H18N2O/c17-14-12(8-10-4-3-7-15-9-10)11-5-1-2-6-13(11)16-14/h1-2,5-6,10,12,15H,3-4,7-9H2,(H,16,17)/t10-,12-/m1/s1. The van der Waals surface area contributed by atoms with Gasteiger partial charge in [-0.15, -0.1) is 0 Å². The summed E-state index contributed by atoms with van der Waals surface area (Å²) < 4.78 is 0. The normalized spacial score (nSPS) is 27.6. The fraction of sp³-hybridized carbons (Fsp3) is 0.500. The molecule has 2 N–H and O–H groups in total. The molecule has 0 aliphatic carbocycles. The van der Waals surface area contributed by atoms with Crippen molar-refractivity contribution in [3.63, 3.8) is 0 Å². The number of carbonyl (C=O) groups is 1. The summed E-state index contributed by atoms with van der Waals surface area (Å²) in [6, 6.07) is 8.06. The van der Waals surface area contributed by atoms with Crippen LogP contribution in [0.2, 0.25) is 0 Å². The van der Waals surface area contributed by atoms with E-state index < -0.39 is 0 Å². The van der Waals surface area contributed by atoms with Crippen LogP contribution in [-0.4, -0.2) is 19.0 Å². The predicted molar refractivity (Wildman–Crippen MR) is 68.0 cm³/mol. The monoisotopic (exact) mass is 230 g/mol. The smallest absolute Gasteiger partial charge is 0.232 e. The van der Waals surface area contributed by atoms with Gasteiger partial charge in [0.1, 0.15) is 0 Å². The van der Waals surface area contributed by atoms with Crippen LogP contribution in [0.1, 0.15) is 30.7 Å². The number of piperidine rings is 1. The second-order valence-corrected chi connectivity index (χ2v) is 5.08. The number of nitrogens with one attached hydrogen (secondary N) is 2. The Morgan fingerprint density at radius 2 is 2.18 bits per heavy atom. The van der Waals surface area contributed by atoms with E-state index in [-0.39, 0.29) is 11.8 Å². The number of para-hydroxylation sites is 1. The van der Waals surface area contributed by atoms with Crippen molar-refractivity contribution in [3.05, 3.63) is 29.8 Å². The van der Waals surface area contributed by atoms with Crippen LogP contribution in [0.3, 0.4) is 0 Å². The molecule has 2 atom stereocenters. The summed E-state index contributed by atoms with van der Waals surface area (Å²) in [5.74, 6) is 0.888. The van der Waals surface area contributed by atoms with Crippen molar-refractivity contribution >= 4 is 11.6 Å². The number of benzene rings is 1. The summed E-state index contributed by atoms with van der Waals surface area (Å²) in [5.41, 5.74) is 2.19. The molecular formula is C14H18N2O. The highest BCUT2D eigenvalue weighted by Crippen LogP contribution is 2.37. The molecule has 2 aliphatic rings. The van der Waals surface area contributed by atoms with Crippen LogP contribution in [0.25, 0.3) is 0 Å². The van der Waals surface area contributed by atoms with E-state index in [4.69, 9.17) is 0 Å². The molecule has 3 nitrogen and oxygen atoms in total. The van der Waals surface area contributed by atoms with E-state index >= 15 is 0 Å². The molecule has 0 aromatic heterocycles. The fourth-order valence-electron chi connectivity index (χ4n) is 2.97. The third-order valence-corrected chi connectivity index (χ3v) is 3.88. The van der Waals surface area contributed by atoms with Gasteiger partial charge in [0.15, 0.2) is 0 Å². The van der Waals surface area contributed by atoms with Gasteiger partial charge in [0.05, 0.1) is 5.92 Å². The fourth-order valence-corrected chi connectivity index (χ4v) is 2.97. The Balaban J connectivity index is 1.76. The van der Waals surface area contributed by atoms with E-state index in [0.29, 0.717) is 5.92 Å². The van der Waals surface area contributed by atoms with Crippen molar-refractivity contribution in [2.24, 2.45) is 5.92 Å². The SMILES string of the molecule is O=C1Nc2ccccc2[C@H]1C[C@H]1CCCNC1. The molecule has 0 radical (unpaired) electrons. The minimum atomic E-state index is 0.0658. The van der Waals surface area contributed by atoms with Crippen molar-refractivity contribution in [1.29, 1.82) is 0 Å². The zero-order chi connectivity index (χ0) is 11.7. The maximum atomic E-state index is 12.0. The molecule has 0 saturated carbocycles. The Bertz CT molecular complexity index is 424. The zero-order valence-electron chi connectivity index (χ0n) is 9.91. The minimum Gasteiger partial charge on any atom is -0.325 e. The molecule has 1 saturated heterocycles. The van der Waals surface area contributed by atoms with E-state index in [1.54, 1.807) is 0 Å². The number of amides is 1. The van der Waals surface area contributed by atoms with Gasteiger partial charge < -0.3 is 10.6 Å². The van der Waals surface area contributed by atoms with Gasteiger partial charge in [-0.2, -0.15) is 0 Å². The maximum Gasteiger partial charge on any atom is 0.232 e. The number of rotatable bonds is 2. The van der Waals surface area contributed by atoms with Crippen LogP contribution in [-0.2, 0) is 4.79 Å². The third kappa shape index (κ3) is 2.07. The van der Waals surface area contributed by atoms with Crippen LogP contribution in [0.4, 0.5) is 5.69 Å². The van der Waals surface area contributed by atoms with Crippen molar-refractivity contribution in [3.8, 4) is 0 Å². The Kier molecular flexibility index (Phi) is 2.85.